The molecule has 0 saturated carbocycles. The van der Waals surface area contributed by atoms with Crippen molar-refractivity contribution in [1.82, 2.24) is 5.32 Å². The van der Waals surface area contributed by atoms with Gasteiger partial charge in [-0.1, -0.05) is 37.6 Å². The number of carbonyl (C=O) groups excluding carboxylic acids is 1. The Labute approximate surface area is 124 Å². The maximum Gasteiger partial charge on any atom is 0.234 e. The normalized spacial score (nSPS) is 14.1. The Kier molecular flexibility index (Phi) is 6.78. The number of primary amides is 1. The molecule has 0 fully saturated rings. The molecule has 1 amide bonds. The Morgan fingerprint density at radius 2 is 2.10 bits per heavy atom. The molecule has 1 rings (SSSR count). The lowest BCUT2D eigenvalue weighted by atomic mass is 10.0. The van der Waals surface area contributed by atoms with E-state index in [-0.39, 0.29) is 19.1 Å². The SMILES string of the molecule is CC(C)C(NCC(O)COc1ccccc1Cl)C(N)=O. The molecule has 112 valence electrons. The predicted octanol–water partition coefficient (Wildman–Crippen LogP) is 1.18. The fourth-order valence-corrected chi connectivity index (χ4v) is 1.92. The van der Waals surface area contributed by atoms with Crippen molar-refractivity contribution in [3.63, 3.8) is 0 Å². The number of hydrogen-bond donors (Lipinski definition) is 3. The number of hydrogen-bond acceptors (Lipinski definition) is 4. The summed E-state index contributed by atoms with van der Waals surface area (Å²) in [6.45, 7) is 4.07. The molecule has 6 heteroatoms. The highest BCUT2D eigenvalue weighted by Crippen LogP contribution is 2.23. The zero-order valence-corrected chi connectivity index (χ0v) is 12.4. The molecule has 0 aliphatic heterocycles. The van der Waals surface area contributed by atoms with Crippen LogP contribution in [0.5, 0.6) is 5.75 Å². The van der Waals surface area contributed by atoms with Crippen molar-refractivity contribution in [3.8, 4) is 5.75 Å². The van der Waals surface area contributed by atoms with Crippen LogP contribution < -0.4 is 15.8 Å². The Balaban J connectivity index is 2.39. The van der Waals surface area contributed by atoms with Gasteiger partial charge in [0.15, 0.2) is 0 Å². The summed E-state index contributed by atoms with van der Waals surface area (Å²) in [5.41, 5.74) is 5.28. The van der Waals surface area contributed by atoms with Crippen molar-refractivity contribution in [2.24, 2.45) is 11.7 Å². The van der Waals surface area contributed by atoms with Gasteiger partial charge < -0.3 is 20.9 Å². The van der Waals surface area contributed by atoms with Crippen LogP contribution in [-0.2, 0) is 4.79 Å². The van der Waals surface area contributed by atoms with Crippen molar-refractivity contribution in [1.29, 1.82) is 0 Å². The second-order valence-corrected chi connectivity index (χ2v) is 5.33. The van der Waals surface area contributed by atoms with Gasteiger partial charge >= 0.3 is 0 Å². The zero-order valence-electron chi connectivity index (χ0n) is 11.7. The van der Waals surface area contributed by atoms with Crippen molar-refractivity contribution >= 4 is 17.5 Å². The summed E-state index contributed by atoms with van der Waals surface area (Å²) in [4.78, 5) is 11.2. The second-order valence-electron chi connectivity index (χ2n) is 4.93. The fourth-order valence-electron chi connectivity index (χ4n) is 1.73. The number of nitrogens with two attached hydrogens (primary N) is 1. The summed E-state index contributed by atoms with van der Waals surface area (Å²) in [5.74, 6) is 0.145. The lowest BCUT2D eigenvalue weighted by Crippen LogP contribution is -2.48. The maximum absolute atomic E-state index is 11.2. The third-order valence-corrected chi connectivity index (χ3v) is 3.13. The molecule has 0 bridgehead atoms. The average molecular weight is 301 g/mol. The number of nitrogens with one attached hydrogen (secondary N) is 1. The molecule has 0 spiro atoms. The minimum Gasteiger partial charge on any atom is -0.489 e. The first-order valence-electron chi connectivity index (χ1n) is 6.50. The van der Waals surface area contributed by atoms with Gasteiger partial charge in [0.25, 0.3) is 0 Å². The molecule has 5 nitrogen and oxygen atoms in total. The minimum atomic E-state index is -0.758. The number of ether oxygens (including phenoxy) is 1. The molecule has 0 heterocycles. The Hall–Kier alpha value is -1.30. The number of aliphatic hydroxyl groups excluding tert-OH is 1. The lowest BCUT2D eigenvalue weighted by molar-refractivity contribution is -0.121. The van der Waals surface area contributed by atoms with Gasteiger partial charge in [0.2, 0.25) is 5.91 Å². The van der Waals surface area contributed by atoms with Crippen LogP contribution in [0.3, 0.4) is 0 Å². The van der Waals surface area contributed by atoms with Crippen molar-refractivity contribution in [2.45, 2.75) is 26.0 Å². The van der Waals surface area contributed by atoms with E-state index in [1.807, 2.05) is 13.8 Å². The molecule has 0 aliphatic carbocycles. The summed E-state index contributed by atoms with van der Waals surface area (Å²) in [6.07, 6.45) is -0.758. The Morgan fingerprint density at radius 3 is 2.65 bits per heavy atom. The highest BCUT2D eigenvalue weighted by molar-refractivity contribution is 6.32. The Morgan fingerprint density at radius 1 is 1.45 bits per heavy atom. The van der Waals surface area contributed by atoms with Gasteiger partial charge in [-0.3, -0.25) is 4.79 Å². The number of amides is 1. The molecule has 1 aromatic carbocycles. The summed E-state index contributed by atoms with van der Waals surface area (Å²) in [7, 11) is 0. The van der Waals surface area contributed by atoms with Crippen LogP contribution in [-0.4, -0.2) is 36.3 Å². The fraction of sp³-hybridized carbons (Fsp3) is 0.500. The first-order valence-corrected chi connectivity index (χ1v) is 6.87. The summed E-state index contributed by atoms with van der Waals surface area (Å²) < 4.78 is 5.41. The van der Waals surface area contributed by atoms with E-state index < -0.39 is 18.1 Å². The largest absolute Gasteiger partial charge is 0.489 e. The van der Waals surface area contributed by atoms with E-state index in [2.05, 4.69) is 5.32 Å². The highest BCUT2D eigenvalue weighted by atomic mass is 35.5. The van der Waals surface area contributed by atoms with E-state index in [1.54, 1.807) is 24.3 Å². The molecule has 2 unspecified atom stereocenters. The molecule has 2 atom stereocenters. The summed E-state index contributed by atoms with van der Waals surface area (Å²) in [6, 6.07) is 6.57. The third-order valence-electron chi connectivity index (χ3n) is 2.81. The number of para-hydroxylation sites is 1. The van der Waals surface area contributed by atoms with Gasteiger partial charge in [-0.25, -0.2) is 0 Å². The van der Waals surface area contributed by atoms with Crippen LogP contribution in [0.1, 0.15) is 13.8 Å². The van der Waals surface area contributed by atoms with Crippen molar-refractivity contribution in [2.75, 3.05) is 13.2 Å². The first-order chi connectivity index (χ1) is 9.41. The number of carbonyl (C=O) groups is 1. The average Bonchev–Trinajstić information content (AvgIpc) is 2.37. The first kappa shape index (κ1) is 16.8. The molecule has 0 aromatic heterocycles. The van der Waals surface area contributed by atoms with Crippen LogP contribution in [0, 0.1) is 5.92 Å². The molecular weight excluding hydrogens is 280 g/mol. The lowest BCUT2D eigenvalue weighted by Gasteiger charge is -2.21. The van der Waals surface area contributed by atoms with Gasteiger partial charge in [-0.05, 0) is 18.1 Å². The van der Waals surface area contributed by atoms with E-state index >= 15 is 0 Å². The number of halogens is 1. The molecular formula is C14H21ClN2O3. The smallest absolute Gasteiger partial charge is 0.234 e. The molecule has 0 radical (unpaired) electrons. The van der Waals surface area contributed by atoms with Gasteiger partial charge in [0.05, 0.1) is 11.1 Å². The van der Waals surface area contributed by atoms with Crippen LogP contribution in [0.25, 0.3) is 0 Å². The molecule has 0 saturated heterocycles. The van der Waals surface area contributed by atoms with Gasteiger partial charge in [-0.15, -0.1) is 0 Å². The van der Waals surface area contributed by atoms with E-state index in [0.717, 1.165) is 0 Å². The van der Waals surface area contributed by atoms with Gasteiger partial charge in [0, 0.05) is 6.54 Å². The topological polar surface area (TPSA) is 84.6 Å². The molecule has 0 aliphatic rings. The van der Waals surface area contributed by atoms with Crippen molar-refractivity contribution < 1.29 is 14.6 Å². The standard InChI is InChI=1S/C14H21ClN2O3/c1-9(2)13(14(16)19)17-7-10(18)8-20-12-6-4-3-5-11(12)15/h3-6,9-10,13,17-18H,7-8H2,1-2H3,(H2,16,19). The van der Waals surface area contributed by atoms with Crippen LogP contribution >= 0.6 is 11.6 Å². The molecule has 4 N–H and O–H groups in total. The third kappa shape index (κ3) is 5.36. The van der Waals surface area contributed by atoms with Crippen LogP contribution in [0.4, 0.5) is 0 Å². The number of benzene rings is 1. The van der Waals surface area contributed by atoms with Crippen molar-refractivity contribution in [3.05, 3.63) is 29.3 Å². The minimum absolute atomic E-state index is 0.0594. The van der Waals surface area contributed by atoms with Gasteiger partial charge in [-0.2, -0.15) is 0 Å². The van der Waals surface area contributed by atoms with E-state index in [9.17, 15) is 9.90 Å². The second kappa shape index (κ2) is 8.09. The Bertz CT molecular complexity index is 440. The summed E-state index contributed by atoms with van der Waals surface area (Å²) in [5, 5.41) is 13.3. The zero-order chi connectivity index (χ0) is 15.1. The highest BCUT2D eigenvalue weighted by Gasteiger charge is 2.20. The number of aliphatic hydroxyl groups is 1. The van der Waals surface area contributed by atoms with Crippen LogP contribution in [0.15, 0.2) is 24.3 Å². The number of rotatable bonds is 8. The van der Waals surface area contributed by atoms with Gasteiger partial charge in [0.1, 0.15) is 18.5 Å². The monoisotopic (exact) mass is 300 g/mol. The maximum atomic E-state index is 11.2. The van der Waals surface area contributed by atoms with E-state index in [4.69, 9.17) is 22.1 Å². The summed E-state index contributed by atoms with van der Waals surface area (Å²) >= 11 is 5.93. The molecule has 20 heavy (non-hydrogen) atoms. The van der Waals surface area contributed by atoms with E-state index in [0.29, 0.717) is 10.8 Å². The van der Waals surface area contributed by atoms with Crippen LogP contribution in [0.2, 0.25) is 5.02 Å². The quantitative estimate of drug-likeness (QED) is 0.673. The van der Waals surface area contributed by atoms with E-state index in [1.165, 1.54) is 0 Å². The molecule has 1 aromatic rings. The predicted molar refractivity (Wildman–Crippen MR) is 78.8 cm³/mol.